The van der Waals surface area contributed by atoms with Crippen LogP contribution in [0, 0.1) is 0 Å². The van der Waals surface area contributed by atoms with Gasteiger partial charge >= 0.3 is 5.97 Å². The molecule has 0 bridgehead atoms. The van der Waals surface area contributed by atoms with E-state index in [1.807, 2.05) is 31.2 Å². The molecule has 144 valence electrons. The SMILES string of the molecule is CCCCOC(=O)/C=C/c1ccccc1CN(C)S(=O)(=O)c1ccccn1. The highest BCUT2D eigenvalue weighted by Gasteiger charge is 2.22. The minimum absolute atomic E-state index is 0.0000233. The quantitative estimate of drug-likeness (QED) is 0.374. The third-order valence-electron chi connectivity index (χ3n) is 3.90. The van der Waals surface area contributed by atoms with Gasteiger partial charge in [-0.25, -0.2) is 18.2 Å². The van der Waals surface area contributed by atoms with Crippen LogP contribution in [-0.4, -0.2) is 37.3 Å². The number of pyridine rings is 1. The second-order valence-corrected chi connectivity index (χ2v) is 7.97. The Kier molecular flexibility index (Phi) is 7.69. The fraction of sp³-hybridized carbons (Fsp3) is 0.300. The van der Waals surface area contributed by atoms with Gasteiger partial charge in [0.25, 0.3) is 10.0 Å². The Morgan fingerprint density at radius 3 is 2.63 bits per heavy atom. The van der Waals surface area contributed by atoms with E-state index in [4.69, 9.17) is 4.74 Å². The van der Waals surface area contributed by atoms with Gasteiger partial charge in [-0.2, -0.15) is 4.31 Å². The highest BCUT2D eigenvalue weighted by Crippen LogP contribution is 2.18. The van der Waals surface area contributed by atoms with Crippen LogP contribution in [-0.2, 0) is 26.1 Å². The summed E-state index contributed by atoms with van der Waals surface area (Å²) < 4.78 is 31.6. The summed E-state index contributed by atoms with van der Waals surface area (Å²) in [5.74, 6) is -0.410. The van der Waals surface area contributed by atoms with E-state index in [0.717, 1.165) is 24.0 Å². The number of hydrogen-bond acceptors (Lipinski definition) is 5. The predicted octanol–water partition coefficient (Wildman–Crippen LogP) is 3.26. The summed E-state index contributed by atoms with van der Waals surface area (Å²) >= 11 is 0. The molecule has 0 aliphatic heterocycles. The van der Waals surface area contributed by atoms with Crippen LogP contribution in [0.5, 0.6) is 0 Å². The largest absolute Gasteiger partial charge is 0.463 e. The van der Waals surface area contributed by atoms with Crippen molar-refractivity contribution in [2.24, 2.45) is 0 Å². The summed E-state index contributed by atoms with van der Waals surface area (Å²) in [6.07, 6.45) is 6.23. The molecule has 0 aliphatic carbocycles. The maximum atomic E-state index is 12.6. The van der Waals surface area contributed by atoms with Crippen molar-refractivity contribution < 1.29 is 17.9 Å². The number of unbranched alkanes of at least 4 members (excludes halogenated alkanes) is 1. The third-order valence-corrected chi connectivity index (χ3v) is 5.62. The molecule has 1 heterocycles. The number of rotatable bonds is 9. The lowest BCUT2D eigenvalue weighted by atomic mass is 10.1. The first-order chi connectivity index (χ1) is 12.9. The van der Waals surface area contributed by atoms with Gasteiger partial charge in [-0.15, -0.1) is 0 Å². The third kappa shape index (κ3) is 6.01. The fourth-order valence-corrected chi connectivity index (χ4v) is 3.42. The molecule has 0 unspecified atom stereocenters. The predicted molar refractivity (Wildman–Crippen MR) is 104 cm³/mol. The van der Waals surface area contributed by atoms with Gasteiger partial charge in [-0.05, 0) is 35.8 Å². The van der Waals surface area contributed by atoms with Crippen LogP contribution < -0.4 is 0 Å². The molecule has 0 atom stereocenters. The molecule has 2 rings (SSSR count). The van der Waals surface area contributed by atoms with Crippen LogP contribution in [0.3, 0.4) is 0 Å². The minimum atomic E-state index is -3.69. The molecular formula is C20H24N2O4S. The van der Waals surface area contributed by atoms with E-state index >= 15 is 0 Å². The number of hydrogen-bond donors (Lipinski definition) is 0. The van der Waals surface area contributed by atoms with E-state index in [2.05, 4.69) is 4.98 Å². The summed E-state index contributed by atoms with van der Waals surface area (Å²) in [5.41, 5.74) is 1.53. The lowest BCUT2D eigenvalue weighted by Gasteiger charge is -2.17. The van der Waals surface area contributed by atoms with Crippen molar-refractivity contribution in [3.8, 4) is 0 Å². The van der Waals surface area contributed by atoms with Crippen molar-refractivity contribution in [2.45, 2.75) is 31.3 Å². The van der Waals surface area contributed by atoms with Crippen LogP contribution in [0.25, 0.3) is 6.08 Å². The number of esters is 1. The van der Waals surface area contributed by atoms with Gasteiger partial charge in [0.2, 0.25) is 0 Å². The molecule has 0 radical (unpaired) electrons. The number of sulfonamides is 1. The maximum Gasteiger partial charge on any atom is 0.330 e. The van der Waals surface area contributed by atoms with Gasteiger partial charge in [0.05, 0.1) is 6.61 Å². The zero-order chi connectivity index (χ0) is 19.7. The minimum Gasteiger partial charge on any atom is -0.463 e. The van der Waals surface area contributed by atoms with E-state index < -0.39 is 16.0 Å². The van der Waals surface area contributed by atoms with E-state index in [1.165, 1.54) is 29.7 Å². The number of carbonyl (C=O) groups excluding carboxylic acids is 1. The van der Waals surface area contributed by atoms with Crippen molar-refractivity contribution in [3.05, 3.63) is 65.9 Å². The molecule has 0 saturated carbocycles. The first kappa shape index (κ1) is 20.8. The Labute approximate surface area is 160 Å². The Hall–Kier alpha value is -2.51. The van der Waals surface area contributed by atoms with Crippen molar-refractivity contribution >= 4 is 22.1 Å². The zero-order valence-corrected chi connectivity index (χ0v) is 16.4. The molecule has 1 aromatic carbocycles. The van der Waals surface area contributed by atoms with Gasteiger partial charge in [-0.3, -0.25) is 0 Å². The molecule has 0 spiro atoms. The monoisotopic (exact) mass is 388 g/mol. The van der Waals surface area contributed by atoms with Gasteiger partial charge < -0.3 is 4.74 Å². The molecule has 0 aliphatic rings. The molecule has 6 nitrogen and oxygen atoms in total. The number of benzene rings is 1. The zero-order valence-electron chi connectivity index (χ0n) is 15.5. The summed E-state index contributed by atoms with van der Waals surface area (Å²) in [4.78, 5) is 15.7. The average Bonchev–Trinajstić information content (AvgIpc) is 2.68. The van der Waals surface area contributed by atoms with Crippen molar-refractivity contribution in [3.63, 3.8) is 0 Å². The molecule has 0 saturated heterocycles. The Balaban J connectivity index is 2.12. The normalized spacial score (nSPS) is 11.8. The van der Waals surface area contributed by atoms with Crippen LogP contribution >= 0.6 is 0 Å². The summed E-state index contributed by atoms with van der Waals surface area (Å²) in [6.45, 7) is 2.58. The summed E-state index contributed by atoms with van der Waals surface area (Å²) in [5, 5.41) is 0.0000233. The molecule has 0 amide bonds. The topological polar surface area (TPSA) is 76.6 Å². The Morgan fingerprint density at radius 2 is 1.93 bits per heavy atom. The average molecular weight is 388 g/mol. The lowest BCUT2D eigenvalue weighted by Crippen LogP contribution is -2.27. The van der Waals surface area contributed by atoms with E-state index in [-0.39, 0.29) is 11.6 Å². The first-order valence-electron chi connectivity index (χ1n) is 8.75. The van der Waals surface area contributed by atoms with E-state index in [1.54, 1.807) is 18.2 Å². The van der Waals surface area contributed by atoms with Gasteiger partial charge in [-0.1, -0.05) is 43.7 Å². The van der Waals surface area contributed by atoms with Crippen LogP contribution in [0.15, 0.2) is 59.8 Å². The standard InChI is InChI=1S/C20H24N2O4S/c1-3-4-15-26-20(23)13-12-17-9-5-6-10-18(17)16-22(2)27(24,25)19-11-7-8-14-21-19/h5-14H,3-4,15-16H2,1-2H3/b13-12+. The van der Waals surface area contributed by atoms with E-state index in [0.29, 0.717) is 6.61 Å². The molecule has 27 heavy (non-hydrogen) atoms. The van der Waals surface area contributed by atoms with Gasteiger partial charge in [0, 0.05) is 25.9 Å². The maximum absolute atomic E-state index is 12.6. The molecule has 0 fully saturated rings. The summed E-state index contributed by atoms with van der Waals surface area (Å²) in [6, 6.07) is 12.1. The second-order valence-electron chi connectivity index (χ2n) is 5.98. The molecule has 0 N–H and O–H groups in total. The highest BCUT2D eigenvalue weighted by molar-refractivity contribution is 7.89. The first-order valence-corrected chi connectivity index (χ1v) is 10.2. The number of ether oxygens (including phenoxy) is 1. The Morgan fingerprint density at radius 1 is 1.19 bits per heavy atom. The van der Waals surface area contributed by atoms with Gasteiger partial charge in [0.15, 0.2) is 5.03 Å². The van der Waals surface area contributed by atoms with Gasteiger partial charge in [0.1, 0.15) is 0 Å². The number of carbonyl (C=O) groups is 1. The smallest absolute Gasteiger partial charge is 0.330 e. The number of nitrogens with zero attached hydrogens (tertiary/aromatic N) is 2. The molecular weight excluding hydrogens is 364 g/mol. The second kappa shape index (κ2) is 9.99. The Bertz CT molecular complexity index is 880. The molecule has 1 aromatic heterocycles. The van der Waals surface area contributed by atoms with Crippen LogP contribution in [0.4, 0.5) is 0 Å². The van der Waals surface area contributed by atoms with Crippen molar-refractivity contribution in [1.29, 1.82) is 0 Å². The lowest BCUT2D eigenvalue weighted by molar-refractivity contribution is -0.137. The van der Waals surface area contributed by atoms with Crippen molar-refractivity contribution in [2.75, 3.05) is 13.7 Å². The fourth-order valence-electron chi connectivity index (χ4n) is 2.35. The van der Waals surface area contributed by atoms with E-state index in [9.17, 15) is 13.2 Å². The molecule has 2 aromatic rings. The summed E-state index contributed by atoms with van der Waals surface area (Å²) in [7, 11) is -2.19. The molecule has 7 heteroatoms. The highest BCUT2D eigenvalue weighted by atomic mass is 32.2. The number of aromatic nitrogens is 1. The van der Waals surface area contributed by atoms with Crippen molar-refractivity contribution in [1.82, 2.24) is 9.29 Å². The van der Waals surface area contributed by atoms with Crippen LogP contribution in [0.1, 0.15) is 30.9 Å². The van der Waals surface area contributed by atoms with Crippen LogP contribution in [0.2, 0.25) is 0 Å².